The fourth-order valence-corrected chi connectivity index (χ4v) is 2.54. The summed E-state index contributed by atoms with van der Waals surface area (Å²) >= 11 is 5.93. The Morgan fingerprint density at radius 2 is 1.79 bits per heavy atom. The summed E-state index contributed by atoms with van der Waals surface area (Å²) in [5.74, 6) is 1.88. The van der Waals surface area contributed by atoms with Crippen LogP contribution in [-0.2, 0) is 0 Å². The first kappa shape index (κ1) is 18.1. The summed E-state index contributed by atoms with van der Waals surface area (Å²) in [4.78, 5) is 0. The SMILES string of the molecule is Cc1ccc(C(C)C)c(OCCOc2ccc(Cl)cc2C=NO)c1. The summed E-state index contributed by atoms with van der Waals surface area (Å²) in [6.07, 6.45) is 1.29. The highest BCUT2D eigenvalue weighted by Gasteiger charge is 2.08. The van der Waals surface area contributed by atoms with Gasteiger partial charge in [0.2, 0.25) is 0 Å². The van der Waals surface area contributed by atoms with Gasteiger partial charge < -0.3 is 14.7 Å². The van der Waals surface area contributed by atoms with E-state index in [4.69, 9.17) is 26.3 Å². The Hall–Kier alpha value is -2.20. The maximum Gasteiger partial charge on any atom is 0.128 e. The summed E-state index contributed by atoms with van der Waals surface area (Å²) in [5, 5.41) is 12.3. The zero-order valence-corrected chi connectivity index (χ0v) is 14.9. The maximum atomic E-state index is 8.71. The number of oxime groups is 1. The lowest BCUT2D eigenvalue weighted by Crippen LogP contribution is -2.11. The number of hydrogen-bond acceptors (Lipinski definition) is 4. The minimum absolute atomic E-state index is 0.374. The van der Waals surface area contributed by atoms with Crippen LogP contribution in [0.1, 0.15) is 36.5 Å². The zero-order valence-electron chi connectivity index (χ0n) is 14.1. The molecule has 5 heteroatoms. The molecule has 0 fully saturated rings. The molecule has 0 aliphatic carbocycles. The van der Waals surface area contributed by atoms with Gasteiger partial charge in [-0.25, -0.2) is 0 Å². The lowest BCUT2D eigenvalue weighted by atomic mass is 10.0. The number of benzene rings is 2. The normalized spacial score (nSPS) is 11.2. The van der Waals surface area contributed by atoms with Crippen molar-refractivity contribution in [3.63, 3.8) is 0 Å². The molecule has 0 saturated heterocycles. The van der Waals surface area contributed by atoms with Crippen LogP contribution in [0.3, 0.4) is 0 Å². The fraction of sp³-hybridized carbons (Fsp3) is 0.316. The van der Waals surface area contributed by atoms with E-state index in [1.54, 1.807) is 18.2 Å². The summed E-state index contributed by atoms with van der Waals surface area (Å²) in [6, 6.07) is 11.4. The zero-order chi connectivity index (χ0) is 17.5. The van der Waals surface area contributed by atoms with E-state index < -0.39 is 0 Å². The molecule has 0 unspecified atom stereocenters. The van der Waals surface area contributed by atoms with Crippen LogP contribution in [0, 0.1) is 6.92 Å². The van der Waals surface area contributed by atoms with Gasteiger partial charge in [-0.3, -0.25) is 0 Å². The van der Waals surface area contributed by atoms with E-state index in [0.717, 1.165) is 11.3 Å². The van der Waals surface area contributed by atoms with Gasteiger partial charge in [-0.05, 0) is 48.2 Å². The van der Waals surface area contributed by atoms with E-state index in [-0.39, 0.29) is 0 Å². The van der Waals surface area contributed by atoms with E-state index in [1.807, 2.05) is 13.0 Å². The van der Waals surface area contributed by atoms with Crippen LogP contribution in [-0.4, -0.2) is 24.6 Å². The number of hydrogen-bond donors (Lipinski definition) is 1. The second-order valence-corrected chi connectivity index (χ2v) is 6.26. The lowest BCUT2D eigenvalue weighted by molar-refractivity contribution is 0.215. The Morgan fingerprint density at radius 1 is 1.08 bits per heavy atom. The van der Waals surface area contributed by atoms with Crippen molar-refractivity contribution < 1.29 is 14.7 Å². The van der Waals surface area contributed by atoms with Crippen LogP contribution in [0.2, 0.25) is 5.02 Å². The van der Waals surface area contributed by atoms with Crippen molar-refractivity contribution in [3.8, 4) is 11.5 Å². The molecule has 0 spiro atoms. The predicted molar refractivity (Wildman–Crippen MR) is 97.1 cm³/mol. The Labute approximate surface area is 147 Å². The molecule has 0 aliphatic rings. The molecule has 0 aliphatic heterocycles. The van der Waals surface area contributed by atoms with Gasteiger partial charge in [-0.15, -0.1) is 0 Å². The van der Waals surface area contributed by atoms with Gasteiger partial charge in [0.15, 0.2) is 0 Å². The van der Waals surface area contributed by atoms with Gasteiger partial charge in [0.1, 0.15) is 24.7 Å². The van der Waals surface area contributed by atoms with Gasteiger partial charge >= 0.3 is 0 Å². The van der Waals surface area contributed by atoms with Crippen LogP contribution in [0.4, 0.5) is 0 Å². The highest BCUT2D eigenvalue weighted by atomic mass is 35.5. The third-order valence-electron chi connectivity index (χ3n) is 3.56. The molecule has 0 heterocycles. The van der Waals surface area contributed by atoms with E-state index in [1.165, 1.54) is 11.8 Å². The van der Waals surface area contributed by atoms with Crippen molar-refractivity contribution in [3.05, 3.63) is 58.1 Å². The molecular weight excluding hydrogens is 326 g/mol. The second-order valence-electron chi connectivity index (χ2n) is 5.82. The van der Waals surface area contributed by atoms with Crippen LogP contribution in [0.15, 0.2) is 41.6 Å². The number of nitrogens with zero attached hydrogens (tertiary/aromatic N) is 1. The van der Waals surface area contributed by atoms with Gasteiger partial charge in [0.05, 0.1) is 6.21 Å². The molecule has 0 atom stereocenters. The van der Waals surface area contributed by atoms with Crippen molar-refractivity contribution in [2.24, 2.45) is 5.16 Å². The fourth-order valence-electron chi connectivity index (χ4n) is 2.36. The van der Waals surface area contributed by atoms with E-state index in [2.05, 4.69) is 31.1 Å². The molecule has 0 bridgehead atoms. The van der Waals surface area contributed by atoms with Gasteiger partial charge in [-0.1, -0.05) is 42.7 Å². The Kier molecular flexibility index (Phi) is 6.50. The monoisotopic (exact) mass is 347 g/mol. The molecule has 24 heavy (non-hydrogen) atoms. The van der Waals surface area contributed by atoms with Crippen molar-refractivity contribution in [2.45, 2.75) is 26.7 Å². The van der Waals surface area contributed by atoms with Crippen LogP contribution < -0.4 is 9.47 Å². The van der Waals surface area contributed by atoms with Crippen molar-refractivity contribution in [1.82, 2.24) is 0 Å². The lowest BCUT2D eigenvalue weighted by Gasteiger charge is -2.15. The molecule has 2 rings (SSSR count). The molecule has 1 N–H and O–H groups in total. The highest BCUT2D eigenvalue weighted by Crippen LogP contribution is 2.27. The predicted octanol–water partition coefficient (Wildman–Crippen LogP) is 5.04. The van der Waals surface area contributed by atoms with E-state index >= 15 is 0 Å². The highest BCUT2D eigenvalue weighted by molar-refractivity contribution is 6.30. The number of rotatable bonds is 7. The topological polar surface area (TPSA) is 51.0 Å². The number of halogens is 1. The van der Waals surface area contributed by atoms with Crippen LogP contribution in [0.25, 0.3) is 0 Å². The largest absolute Gasteiger partial charge is 0.490 e. The first-order valence-corrected chi connectivity index (χ1v) is 8.22. The molecule has 0 aromatic heterocycles. The quantitative estimate of drug-likeness (QED) is 0.330. The van der Waals surface area contributed by atoms with Crippen molar-refractivity contribution in [1.29, 1.82) is 0 Å². The minimum atomic E-state index is 0.374. The first-order chi connectivity index (χ1) is 11.5. The number of aryl methyl sites for hydroxylation is 1. The second kappa shape index (κ2) is 8.60. The van der Waals surface area contributed by atoms with Crippen molar-refractivity contribution >= 4 is 17.8 Å². The molecule has 0 amide bonds. The summed E-state index contributed by atoms with van der Waals surface area (Å²) < 4.78 is 11.6. The van der Waals surface area contributed by atoms with Crippen molar-refractivity contribution in [2.75, 3.05) is 13.2 Å². The van der Waals surface area contributed by atoms with Gasteiger partial charge in [0.25, 0.3) is 0 Å². The number of ether oxygens (including phenoxy) is 2. The maximum absolute atomic E-state index is 8.71. The van der Waals surface area contributed by atoms with Crippen LogP contribution in [0.5, 0.6) is 11.5 Å². The standard InChI is InChI=1S/C19H22ClNO3/c1-13(2)17-6-4-14(3)10-19(17)24-9-8-23-18-7-5-16(20)11-15(18)12-21-22/h4-7,10-13,22H,8-9H2,1-3H3. The smallest absolute Gasteiger partial charge is 0.128 e. The van der Waals surface area contributed by atoms with E-state index in [0.29, 0.717) is 35.5 Å². The average Bonchev–Trinajstić information content (AvgIpc) is 2.53. The minimum Gasteiger partial charge on any atom is -0.490 e. The molecule has 4 nitrogen and oxygen atoms in total. The summed E-state index contributed by atoms with van der Waals surface area (Å²) in [5.41, 5.74) is 2.96. The average molecular weight is 348 g/mol. The molecule has 2 aromatic carbocycles. The van der Waals surface area contributed by atoms with Gasteiger partial charge in [-0.2, -0.15) is 0 Å². The molecule has 0 radical (unpaired) electrons. The molecule has 2 aromatic rings. The Balaban J connectivity index is 1.98. The third-order valence-corrected chi connectivity index (χ3v) is 3.79. The van der Waals surface area contributed by atoms with Gasteiger partial charge in [0, 0.05) is 10.6 Å². The third kappa shape index (κ3) is 4.90. The molecule has 0 saturated carbocycles. The van der Waals surface area contributed by atoms with E-state index in [9.17, 15) is 0 Å². The summed E-state index contributed by atoms with van der Waals surface area (Å²) in [6.45, 7) is 7.12. The van der Waals surface area contributed by atoms with Crippen LogP contribution >= 0.6 is 11.6 Å². The summed E-state index contributed by atoms with van der Waals surface area (Å²) in [7, 11) is 0. The first-order valence-electron chi connectivity index (χ1n) is 7.84. The molecule has 128 valence electrons. The molecular formula is C19H22ClNO3. The Morgan fingerprint density at radius 3 is 2.46 bits per heavy atom. The Bertz CT molecular complexity index is 714.